The second-order valence-corrected chi connectivity index (χ2v) is 6.96. The highest BCUT2D eigenvalue weighted by molar-refractivity contribution is 7.22. The average Bonchev–Trinajstić information content (AvgIpc) is 3.16. The minimum Gasteiger partial charge on any atom is -0.309 e. The minimum atomic E-state index is -0.103. The molecule has 0 aliphatic carbocycles. The van der Waals surface area contributed by atoms with Crippen molar-refractivity contribution in [2.24, 2.45) is 7.05 Å². The highest BCUT2D eigenvalue weighted by Gasteiger charge is 2.22. The molecule has 0 aliphatic rings. The Kier molecular flexibility index (Phi) is 6.52. The number of thiazole rings is 1. The van der Waals surface area contributed by atoms with E-state index in [1.165, 1.54) is 11.3 Å². The normalized spacial score (nSPS) is 10.9. The number of aromatic nitrogens is 3. The lowest BCUT2D eigenvalue weighted by Gasteiger charge is -2.20. The molecule has 0 saturated heterocycles. The van der Waals surface area contributed by atoms with Gasteiger partial charge in [-0.05, 0) is 45.3 Å². The molecule has 0 bridgehead atoms. The number of hydrogen-bond acceptors (Lipinski definition) is 5. The van der Waals surface area contributed by atoms with E-state index >= 15 is 0 Å². The van der Waals surface area contributed by atoms with Crippen molar-refractivity contribution >= 4 is 45.0 Å². The molecule has 2 aromatic heterocycles. The number of carbonyl (C=O) groups is 1. The first kappa shape index (κ1) is 19.4. The Labute approximate surface area is 157 Å². The fraction of sp³-hybridized carbons (Fsp3) is 0.353. The molecule has 0 radical (unpaired) electrons. The van der Waals surface area contributed by atoms with E-state index in [1.807, 2.05) is 45.4 Å². The lowest BCUT2D eigenvalue weighted by atomic mass is 10.3. The number of halogens is 1. The molecule has 0 atom stereocenters. The van der Waals surface area contributed by atoms with Gasteiger partial charge in [0.2, 0.25) is 0 Å². The molecule has 8 heteroatoms. The fourth-order valence-electron chi connectivity index (χ4n) is 2.47. The van der Waals surface area contributed by atoms with E-state index in [9.17, 15) is 4.79 Å². The molecule has 6 nitrogen and oxygen atoms in total. The second kappa shape index (κ2) is 8.42. The van der Waals surface area contributed by atoms with Crippen LogP contribution in [-0.4, -0.2) is 52.8 Å². The first-order chi connectivity index (χ1) is 11.5. The van der Waals surface area contributed by atoms with Gasteiger partial charge in [-0.1, -0.05) is 23.5 Å². The molecule has 134 valence electrons. The van der Waals surface area contributed by atoms with Crippen LogP contribution in [-0.2, 0) is 7.05 Å². The molecule has 3 rings (SSSR count). The molecule has 2 heterocycles. The number of benzene rings is 1. The number of aryl methyl sites for hydroxylation is 1. The molecule has 0 saturated carbocycles. The average molecular weight is 380 g/mol. The fourth-order valence-corrected chi connectivity index (χ4v) is 3.46. The third-order valence-electron chi connectivity index (χ3n) is 3.68. The number of fused-ring (bicyclic) bond motifs is 1. The van der Waals surface area contributed by atoms with E-state index in [-0.39, 0.29) is 18.3 Å². The smallest absolute Gasteiger partial charge is 0.280 e. The summed E-state index contributed by atoms with van der Waals surface area (Å²) in [6.45, 7) is 1.53. The van der Waals surface area contributed by atoms with Crippen molar-refractivity contribution < 1.29 is 4.79 Å². The van der Waals surface area contributed by atoms with Gasteiger partial charge in [0.05, 0.1) is 10.2 Å². The van der Waals surface area contributed by atoms with E-state index in [1.54, 1.807) is 21.8 Å². The Balaban J connectivity index is 0.00000225. The Morgan fingerprint density at radius 2 is 1.96 bits per heavy atom. The van der Waals surface area contributed by atoms with Gasteiger partial charge in [0.15, 0.2) is 10.8 Å². The first-order valence-corrected chi connectivity index (χ1v) is 8.68. The molecule has 1 amide bonds. The molecule has 1 aromatic carbocycles. The molecule has 0 N–H and O–H groups in total. The Morgan fingerprint density at radius 3 is 2.60 bits per heavy atom. The van der Waals surface area contributed by atoms with E-state index in [2.05, 4.69) is 15.0 Å². The summed E-state index contributed by atoms with van der Waals surface area (Å²) in [4.78, 5) is 21.4. The van der Waals surface area contributed by atoms with E-state index < -0.39 is 0 Å². The van der Waals surface area contributed by atoms with Crippen molar-refractivity contribution in [3.05, 3.63) is 42.2 Å². The van der Waals surface area contributed by atoms with Gasteiger partial charge in [0, 0.05) is 19.8 Å². The van der Waals surface area contributed by atoms with Gasteiger partial charge >= 0.3 is 0 Å². The number of nitrogens with zero attached hydrogens (tertiary/aromatic N) is 5. The summed E-state index contributed by atoms with van der Waals surface area (Å²) in [6, 6.07) is 9.69. The summed E-state index contributed by atoms with van der Waals surface area (Å²) in [6.07, 6.45) is 2.66. The van der Waals surface area contributed by atoms with Gasteiger partial charge in [0.25, 0.3) is 5.91 Å². The molecule has 0 fully saturated rings. The topological polar surface area (TPSA) is 54.3 Å². The largest absolute Gasteiger partial charge is 0.309 e. The van der Waals surface area contributed by atoms with Gasteiger partial charge < -0.3 is 4.90 Å². The Morgan fingerprint density at radius 1 is 1.20 bits per heavy atom. The number of carbonyl (C=O) groups excluding carboxylic acids is 1. The maximum absolute atomic E-state index is 12.9. The van der Waals surface area contributed by atoms with Gasteiger partial charge in [-0.15, -0.1) is 12.4 Å². The van der Waals surface area contributed by atoms with Crippen molar-refractivity contribution in [1.82, 2.24) is 19.7 Å². The van der Waals surface area contributed by atoms with Gasteiger partial charge in [-0.25, -0.2) is 4.98 Å². The first-order valence-electron chi connectivity index (χ1n) is 7.86. The summed E-state index contributed by atoms with van der Waals surface area (Å²) in [7, 11) is 5.87. The summed E-state index contributed by atoms with van der Waals surface area (Å²) in [5.74, 6) is -0.103. The van der Waals surface area contributed by atoms with Crippen molar-refractivity contribution in [1.29, 1.82) is 0 Å². The number of anilines is 1. The molecular formula is C17H22ClN5OS. The van der Waals surface area contributed by atoms with Crippen molar-refractivity contribution in [3.63, 3.8) is 0 Å². The third-order valence-corrected chi connectivity index (χ3v) is 4.74. The zero-order chi connectivity index (χ0) is 17.1. The van der Waals surface area contributed by atoms with E-state index in [0.717, 1.165) is 28.3 Å². The zero-order valence-corrected chi connectivity index (χ0v) is 16.2. The number of amides is 1. The van der Waals surface area contributed by atoms with Crippen molar-refractivity contribution in [3.8, 4) is 0 Å². The van der Waals surface area contributed by atoms with Crippen LogP contribution in [0.25, 0.3) is 10.2 Å². The molecular weight excluding hydrogens is 358 g/mol. The van der Waals surface area contributed by atoms with Gasteiger partial charge in [-0.3, -0.25) is 14.4 Å². The van der Waals surface area contributed by atoms with Crippen LogP contribution in [0.2, 0.25) is 0 Å². The van der Waals surface area contributed by atoms with Crippen molar-refractivity contribution in [2.45, 2.75) is 6.42 Å². The molecule has 0 unspecified atom stereocenters. The zero-order valence-electron chi connectivity index (χ0n) is 14.5. The molecule has 3 aromatic rings. The quantitative estimate of drug-likeness (QED) is 0.660. The van der Waals surface area contributed by atoms with Crippen LogP contribution >= 0.6 is 23.7 Å². The Bertz CT molecular complexity index is 811. The van der Waals surface area contributed by atoms with Crippen LogP contribution in [0.5, 0.6) is 0 Å². The standard InChI is InChI=1S/C17H21N5OS.ClH/c1-20(2)10-6-11-22(16(23)14-9-12-21(3)19-14)17-18-13-7-4-5-8-15(13)24-17;/h4-5,7-9,12H,6,10-11H2,1-3H3;1H. The molecule has 0 spiro atoms. The van der Waals surface area contributed by atoms with Crippen LogP contribution in [0.4, 0.5) is 5.13 Å². The second-order valence-electron chi connectivity index (χ2n) is 5.95. The lowest BCUT2D eigenvalue weighted by Crippen LogP contribution is -2.33. The van der Waals surface area contributed by atoms with E-state index in [0.29, 0.717) is 12.2 Å². The van der Waals surface area contributed by atoms with Crippen LogP contribution in [0.15, 0.2) is 36.5 Å². The number of rotatable bonds is 6. The molecule has 0 aliphatic heterocycles. The third kappa shape index (κ3) is 4.56. The monoisotopic (exact) mass is 379 g/mol. The van der Waals surface area contributed by atoms with Gasteiger partial charge in [0.1, 0.15) is 0 Å². The SMILES string of the molecule is CN(C)CCCN(C(=O)c1ccn(C)n1)c1nc2ccccc2s1.Cl. The summed E-state index contributed by atoms with van der Waals surface area (Å²) in [5, 5.41) is 4.97. The molecule has 25 heavy (non-hydrogen) atoms. The number of para-hydroxylation sites is 1. The van der Waals surface area contributed by atoms with Gasteiger partial charge in [-0.2, -0.15) is 5.10 Å². The number of hydrogen-bond donors (Lipinski definition) is 0. The Hall–Kier alpha value is -1.96. The highest BCUT2D eigenvalue weighted by atomic mass is 35.5. The maximum atomic E-state index is 12.9. The van der Waals surface area contributed by atoms with Crippen LogP contribution in [0.1, 0.15) is 16.9 Å². The van der Waals surface area contributed by atoms with E-state index in [4.69, 9.17) is 0 Å². The van der Waals surface area contributed by atoms with Crippen LogP contribution < -0.4 is 4.90 Å². The lowest BCUT2D eigenvalue weighted by molar-refractivity contribution is 0.0980. The summed E-state index contributed by atoms with van der Waals surface area (Å²) < 4.78 is 2.72. The summed E-state index contributed by atoms with van der Waals surface area (Å²) >= 11 is 1.54. The van der Waals surface area contributed by atoms with Crippen LogP contribution in [0.3, 0.4) is 0 Å². The van der Waals surface area contributed by atoms with Crippen molar-refractivity contribution in [2.75, 3.05) is 32.1 Å². The predicted molar refractivity (Wildman–Crippen MR) is 105 cm³/mol. The highest BCUT2D eigenvalue weighted by Crippen LogP contribution is 2.29. The summed E-state index contributed by atoms with van der Waals surface area (Å²) in [5.41, 5.74) is 1.37. The van der Waals surface area contributed by atoms with Crippen LogP contribution in [0, 0.1) is 0 Å². The minimum absolute atomic E-state index is 0. The predicted octanol–water partition coefficient (Wildman–Crippen LogP) is 3.05. The maximum Gasteiger partial charge on any atom is 0.280 e.